The molecule has 0 heterocycles. The maximum absolute atomic E-state index is 11.4. The van der Waals surface area contributed by atoms with Crippen molar-refractivity contribution >= 4 is 5.91 Å². The fourth-order valence-corrected chi connectivity index (χ4v) is 0.912. The summed E-state index contributed by atoms with van der Waals surface area (Å²) in [5.74, 6) is -0.164. The predicted octanol–water partition coefficient (Wildman–Crippen LogP) is -0.234. The van der Waals surface area contributed by atoms with Crippen molar-refractivity contribution in [2.24, 2.45) is 0 Å². The summed E-state index contributed by atoms with van der Waals surface area (Å²) in [5, 5.41) is 17.3. The Morgan fingerprint density at radius 1 is 1.23 bits per heavy atom. The van der Waals surface area contributed by atoms with Crippen molar-refractivity contribution < 1.29 is 15.0 Å². The Hall–Kier alpha value is -0.870. The molecular formula is C9H17NO3. The van der Waals surface area contributed by atoms with Crippen LogP contribution in [-0.2, 0) is 4.79 Å². The molecule has 0 bridgehead atoms. The van der Waals surface area contributed by atoms with E-state index in [0.29, 0.717) is 0 Å². The van der Waals surface area contributed by atoms with E-state index >= 15 is 0 Å². The Kier molecular flexibility index (Phi) is 6.18. The van der Waals surface area contributed by atoms with Gasteiger partial charge in [0.05, 0.1) is 13.2 Å². The van der Waals surface area contributed by atoms with Gasteiger partial charge in [-0.25, -0.2) is 0 Å². The van der Waals surface area contributed by atoms with Crippen LogP contribution in [0.5, 0.6) is 0 Å². The lowest BCUT2D eigenvalue weighted by Crippen LogP contribution is -2.34. The molecule has 0 saturated heterocycles. The van der Waals surface area contributed by atoms with E-state index < -0.39 is 0 Å². The van der Waals surface area contributed by atoms with E-state index in [2.05, 4.69) is 0 Å². The van der Waals surface area contributed by atoms with E-state index in [1.165, 1.54) is 11.0 Å². The van der Waals surface area contributed by atoms with Crippen molar-refractivity contribution in [1.29, 1.82) is 0 Å². The smallest absolute Gasteiger partial charge is 0.246 e. The minimum absolute atomic E-state index is 0.0810. The molecule has 0 unspecified atom stereocenters. The number of nitrogens with zero attached hydrogens (tertiary/aromatic N) is 1. The highest BCUT2D eigenvalue weighted by molar-refractivity contribution is 5.88. The second kappa shape index (κ2) is 6.62. The molecule has 0 rings (SSSR count). The highest BCUT2D eigenvalue weighted by Crippen LogP contribution is 1.95. The molecule has 2 N–H and O–H groups in total. The third kappa shape index (κ3) is 5.38. The first-order valence-electron chi connectivity index (χ1n) is 4.27. The molecule has 1 amide bonds. The Bertz CT molecular complexity index is 179. The minimum atomic E-state index is -0.164. The second-order valence-electron chi connectivity index (χ2n) is 2.99. The average Bonchev–Trinajstić information content (AvgIpc) is 2.02. The quantitative estimate of drug-likeness (QED) is 0.584. The zero-order valence-electron chi connectivity index (χ0n) is 8.16. The fraction of sp³-hybridized carbons (Fsp3) is 0.667. The number of hydrogen-bond donors (Lipinski definition) is 2. The van der Waals surface area contributed by atoms with Gasteiger partial charge in [-0.15, -0.1) is 0 Å². The molecule has 4 heteroatoms. The molecule has 0 aliphatic rings. The van der Waals surface area contributed by atoms with Gasteiger partial charge < -0.3 is 15.1 Å². The topological polar surface area (TPSA) is 60.8 Å². The lowest BCUT2D eigenvalue weighted by Gasteiger charge is -2.18. The number of hydrogen-bond acceptors (Lipinski definition) is 3. The Morgan fingerprint density at radius 3 is 2.00 bits per heavy atom. The molecule has 0 aromatic heterocycles. The van der Waals surface area contributed by atoms with Crippen LogP contribution in [0.1, 0.15) is 13.8 Å². The number of allylic oxidation sites excluding steroid dienone is 1. The molecule has 0 aliphatic carbocycles. The molecule has 0 spiro atoms. The van der Waals surface area contributed by atoms with Crippen LogP contribution in [-0.4, -0.2) is 47.3 Å². The first kappa shape index (κ1) is 12.1. The molecular weight excluding hydrogens is 170 g/mol. The van der Waals surface area contributed by atoms with Crippen molar-refractivity contribution in [3.8, 4) is 0 Å². The normalized spacial score (nSPS) is 9.54. The number of aliphatic hydroxyl groups excluding tert-OH is 2. The van der Waals surface area contributed by atoms with Crippen molar-refractivity contribution in [2.75, 3.05) is 26.3 Å². The number of rotatable bonds is 5. The van der Waals surface area contributed by atoms with Gasteiger partial charge in [0.1, 0.15) is 0 Å². The average molecular weight is 187 g/mol. The van der Waals surface area contributed by atoms with Gasteiger partial charge in [-0.1, -0.05) is 5.57 Å². The van der Waals surface area contributed by atoms with Crippen LogP contribution < -0.4 is 0 Å². The molecule has 0 aromatic rings. The molecule has 13 heavy (non-hydrogen) atoms. The van der Waals surface area contributed by atoms with E-state index in [4.69, 9.17) is 10.2 Å². The molecule has 0 aliphatic heterocycles. The highest BCUT2D eigenvalue weighted by Gasteiger charge is 2.08. The third-order valence-corrected chi connectivity index (χ3v) is 1.46. The highest BCUT2D eigenvalue weighted by atomic mass is 16.3. The zero-order valence-corrected chi connectivity index (χ0v) is 8.16. The summed E-state index contributed by atoms with van der Waals surface area (Å²) in [6, 6.07) is 0. The summed E-state index contributed by atoms with van der Waals surface area (Å²) >= 11 is 0. The van der Waals surface area contributed by atoms with Gasteiger partial charge in [-0.3, -0.25) is 4.79 Å². The largest absolute Gasteiger partial charge is 0.395 e. The third-order valence-electron chi connectivity index (χ3n) is 1.46. The van der Waals surface area contributed by atoms with Gasteiger partial charge >= 0.3 is 0 Å². The van der Waals surface area contributed by atoms with E-state index in [1.807, 2.05) is 13.8 Å². The molecule has 0 fully saturated rings. The van der Waals surface area contributed by atoms with E-state index in [0.717, 1.165) is 5.57 Å². The predicted molar refractivity (Wildman–Crippen MR) is 50.2 cm³/mol. The fourth-order valence-electron chi connectivity index (χ4n) is 0.912. The van der Waals surface area contributed by atoms with Crippen LogP contribution in [0.25, 0.3) is 0 Å². The molecule has 76 valence electrons. The van der Waals surface area contributed by atoms with Gasteiger partial charge in [0.2, 0.25) is 5.91 Å². The molecule has 0 aromatic carbocycles. The Labute approximate surface area is 78.5 Å². The van der Waals surface area contributed by atoms with Crippen LogP contribution in [0.3, 0.4) is 0 Å². The maximum atomic E-state index is 11.4. The SMILES string of the molecule is CC(C)=CC(=O)N(CCO)CCO. The van der Waals surface area contributed by atoms with Gasteiger partial charge in [-0.2, -0.15) is 0 Å². The van der Waals surface area contributed by atoms with Crippen molar-refractivity contribution in [1.82, 2.24) is 4.90 Å². The summed E-state index contributed by atoms with van der Waals surface area (Å²) in [6.45, 7) is 4.03. The van der Waals surface area contributed by atoms with Crippen LogP contribution in [0, 0.1) is 0 Å². The number of carbonyl (C=O) groups is 1. The Balaban J connectivity index is 4.19. The van der Waals surface area contributed by atoms with Crippen molar-refractivity contribution in [3.63, 3.8) is 0 Å². The van der Waals surface area contributed by atoms with E-state index in [-0.39, 0.29) is 32.2 Å². The lowest BCUT2D eigenvalue weighted by atomic mass is 10.3. The summed E-state index contributed by atoms with van der Waals surface area (Å²) in [5.41, 5.74) is 0.908. The van der Waals surface area contributed by atoms with E-state index in [9.17, 15) is 4.79 Å². The monoisotopic (exact) mass is 187 g/mol. The molecule has 0 radical (unpaired) electrons. The summed E-state index contributed by atoms with van der Waals surface area (Å²) in [4.78, 5) is 12.8. The second-order valence-corrected chi connectivity index (χ2v) is 2.99. The van der Waals surface area contributed by atoms with Gasteiger partial charge in [0.25, 0.3) is 0 Å². The van der Waals surface area contributed by atoms with Crippen molar-refractivity contribution in [3.05, 3.63) is 11.6 Å². The van der Waals surface area contributed by atoms with Crippen molar-refractivity contribution in [2.45, 2.75) is 13.8 Å². The Morgan fingerprint density at radius 2 is 1.69 bits per heavy atom. The van der Waals surface area contributed by atoms with Crippen LogP contribution in [0.15, 0.2) is 11.6 Å². The molecule has 4 nitrogen and oxygen atoms in total. The van der Waals surface area contributed by atoms with E-state index in [1.54, 1.807) is 0 Å². The maximum Gasteiger partial charge on any atom is 0.246 e. The number of aliphatic hydroxyl groups is 2. The molecule has 0 atom stereocenters. The summed E-state index contributed by atoms with van der Waals surface area (Å²) in [6.07, 6.45) is 1.49. The summed E-state index contributed by atoms with van der Waals surface area (Å²) in [7, 11) is 0. The van der Waals surface area contributed by atoms with Crippen LogP contribution in [0.2, 0.25) is 0 Å². The lowest BCUT2D eigenvalue weighted by molar-refractivity contribution is -0.127. The van der Waals surface area contributed by atoms with Crippen LogP contribution in [0.4, 0.5) is 0 Å². The molecule has 0 saturated carbocycles. The van der Waals surface area contributed by atoms with Gasteiger partial charge in [-0.05, 0) is 13.8 Å². The van der Waals surface area contributed by atoms with Gasteiger partial charge in [0, 0.05) is 19.2 Å². The summed E-state index contributed by atoms with van der Waals surface area (Å²) < 4.78 is 0. The first-order chi connectivity index (χ1) is 6.11. The standard InChI is InChI=1S/C9H17NO3/c1-8(2)7-9(13)10(3-5-11)4-6-12/h7,11-12H,3-6H2,1-2H3. The zero-order chi connectivity index (χ0) is 10.3. The van der Waals surface area contributed by atoms with Crippen LogP contribution >= 0.6 is 0 Å². The number of carbonyl (C=O) groups excluding carboxylic acids is 1. The van der Waals surface area contributed by atoms with Gasteiger partial charge in [0.15, 0.2) is 0 Å². The first-order valence-corrected chi connectivity index (χ1v) is 4.27. The number of amides is 1. The minimum Gasteiger partial charge on any atom is -0.395 e.